The second kappa shape index (κ2) is 10.3. The first kappa shape index (κ1) is 21.3. The van der Waals surface area contributed by atoms with E-state index in [1.165, 1.54) is 0 Å². The van der Waals surface area contributed by atoms with Gasteiger partial charge in [-0.05, 0) is 25.5 Å². The number of hydrogen-bond donors (Lipinski definition) is 2. The van der Waals surface area contributed by atoms with Crippen LogP contribution >= 0.6 is 24.0 Å². The Bertz CT molecular complexity index is 751. The Hall–Kier alpha value is -2.04. The molecule has 1 unspecified atom stereocenters. The van der Waals surface area contributed by atoms with E-state index in [2.05, 4.69) is 36.7 Å². The predicted molar refractivity (Wildman–Crippen MR) is 116 cm³/mol. The Balaban J connectivity index is 0.00000261. The number of ether oxygens (including phenoxy) is 1. The first-order valence-electron chi connectivity index (χ1n) is 8.91. The van der Waals surface area contributed by atoms with E-state index in [4.69, 9.17) is 9.26 Å². The van der Waals surface area contributed by atoms with Crippen molar-refractivity contribution in [1.82, 2.24) is 20.8 Å². The largest absolute Gasteiger partial charge is 0.495 e. The highest BCUT2D eigenvalue weighted by Gasteiger charge is 2.25. The zero-order chi connectivity index (χ0) is 18.4. The number of guanidine groups is 1. The molecule has 148 valence electrons. The number of para-hydroxylation sites is 2. The van der Waals surface area contributed by atoms with Crippen LogP contribution in [0.4, 0.5) is 5.69 Å². The molecule has 1 atom stereocenters. The summed E-state index contributed by atoms with van der Waals surface area (Å²) in [6.07, 6.45) is 1.03. The van der Waals surface area contributed by atoms with Gasteiger partial charge in [-0.2, -0.15) is 4.98 Å². The second-order valence-electron chi connectivity index (χ2n) is 6.17. The highest BCUT2D eigenvalue weighted by Crippen LogP contribution is 2.30. The van der Waals surface area contributed by atoms with Gasteiger partial charge < -0.3 is 24.8 Å². The molecule has 2 N–H and O–H groups in total. The fourth-order valence-electron chi connectivity index (χ4n) is 3.06. The third-order valence-electron chi connectivity index (χ3n) is 4.25. The topological polar surface area (TPSA) is 87.8 Å². The fourth-order valence-corrected chi connectivity index (χ4v) is 3.06. The lowest BCUT2D eigenvalue weighted by molar-refractivity contribution is 0.387. The Labute approximate surface area is 176 Å². The van der Waals surface area contributed by atoms with E-state index in [-0.39, 0.29) is 24.0 Å². The Kier molecular flexibility index (Phi) is 8.14. The zero-order valence-corrected chi connectivity index (χ0v) is 18.3. The van der Waals surface area contributed by atoms with Gasteiger partial charge in [0.25, 0.3) is 0 Å². The van der Waals surface area contributed by atoms with Gasteiger partial charge in [0.15, 0.2) is 11.8 Å². The summed E-state index contributed by atoms with van der Waals surface area (Å²) in [5.41, 5.74) is 1.13. The number of aromatic nitrogens is 2. The third-order valence-corrected chi connectivity index (χ3v) is 4.25. The minimum Gasteiger partial charge on any atom is -0.495 e. The monoisotopic (exact) mass is 486 g/mol. The van der Waals surface area contributed by atoms with Crippen LogP contribution in [0, 0.1) is 6.92 Å². The fraction of sp³-hybridized carbons (Fsp3) is 0.500. The third kappa shape index (κ3) is 5.72. The number of halogens is 1. The van der Waals surface area contributed by atoms with Gasteiger partial charge in [0.05, 0.1) is 12.8 Å². The number of nitrogens with one attached hydrogen (secondary N) is 2. The molecule has 1 fully saturated rings. The standard InChI is InChI=1S/C18H26N6O2.HI/c1-4-19-18(20-11-17-21-13(2)26-23-17)22-14-9-10-24(12-14)15-7-5-6-8-16(15)25-3;/h5-8,14H,4,9-12H2,1-3H3,(H2,19,20,22);1H. The molecule has 1 aliphatic heterocycles. The molecular weight excluding hydrogens is 459 g/mol. The van der Waals surface area contributed by atoms with Crippen LogP contribution in [0.1, 0.15) is 25.1 Å². The molecular formula is C18H27IN6O2. The van der Waals surface area contributed by atoms with Crippen molar-refractivity contribution in [3.63, 3.8) is 0 Å². The summed E-state index contributed by atoms with van der Waals surface area (Å²) < 4.78 is 10.5. The van der Waals surface area contributed by atoms with Gasteiger partial charge in [-0.15, -0.1) is 24.0 Å². The van der Waals surface area contributed by atoms with Crippen molar-refractivity contribution in [2.75, 3.05) is 31.6 Å². The number of methoxy groups -OCH3 is 1. The molecule has 0 spiro atoms. The Morgan fingerprint density at radius 3 is 2.93 bits per heavy atom. The number of rotatable bonds is 6. The molecule has 0 aliphatic carbocycles. The van der Waals surface area contributed by atoms with Crippen molar-refractivity contribution in [2.45, 2.75) is 32.9 Å². The molecule has 1 aromatic carbocycles. The average molecular weight is 486 g/mol. The van der Waals surface area contributed by atoms with E-state index in [9.17, 15) is 0 Å². The first-order valence-corrected chi connectivity index (χ1v) is 8.91. The maximum absolute atomic E-state index is 5.48. The molecule has 0 radical (unpaired) electrons. The summed E-state index contributed by atoms with van der Waals surface area (Å²) in [7, 11) is 1.71. The molecule has 27 heavy (non-hydrogen) atoms. The van der Waals surface area contributed by atoms with E-state index >= 15 is 0 Å². The Morgan fingerprint density at radius 2 is 2.22 bits per heavy atom. The molecule has 8 nitrogen and oxygen atoms in total. The van der Waals surface area contributed by atoms with Crippen LogP contribution in [0.3, 0.4) is 0 Å². The molecule has 1 aliphatic rings. The van der Waals surface area contributed by atoms with E-state index in [0.29, 0.717) is 24.3 Å². The van der Waals surface area contributed by atoms with Crippen LogP contribution in [0.15, 0.2) is 33.8 Å². The van der Waals surface area contributed by atoms with Crippen molar-refractivity contribution >= 4 is 35.6 Å². The predicted octanol–water partition coefficient (Wildman–Crippen LogP) is 2.34. The molecule has 0 saturated carbocycles. The van der Waals surface area contributed by atoms with Crippen molar-refractivity contribution in [3.05, 3.63) is 36.0 Å². The minimum atomic E-state index is 0. The number of benzene rings is 1. The highest BCUT2D eigenvalue weighted by atomic mass is 127. The maximum Gasteiger partial charge on any atom is 0.223 e. The lowest BCUT2D eigenvalue weighted by Gasteiger charge is -2.22. The van der Waals surface area contributed by atoms with Crippen LogP contribution in [-0.4, -0.2) is 48.9 Å². The van der Waals surface area contributed by atoms with Crippen molar-refractivity contribution < 1.29 is 9.26 Å². The Morgan fingerprint density at radius 1 is 1.41 bits per heavy atom. The van der Waals surface area contributed by atoms with Gasteiger partial charge in [-0.25, -0.2) is 4.99 Å². The van der Waals surface area contributed by atoms with Crippen molar-refractivity contribution in [1.29, 1.82) is 0 Å². The lowest BCUT2D eigenvalue weighted by Crippen LogP contribution is -2.44. The van der Waals surface area contributed by atoms with E-state index < -0.39 is 0 Å². The molecule has 9 heteroatoms. The molecule has 3 rings (SSSR count). The summed E-state index contributed by atoms with van der Waals surface area (Å²) in [5.74, 6) is 2.81. The molecule has 2 aromatic rings. The summed E-state index contributed by atoms with van der Waals surface area (Å²) in [6, 6.07) is 8.43. The van der Waals surface area contributed by atoms with Crippen LogP contribution in [-0.2, 0) is 6.54 Å². The number of nitrogens with zero attached hydrogens (tertiary/aromatic N) is 4. The van der Waals surface area contributed by atoms with Crippen LogP contribution < -0.4 is 20.3 Å². The molecule has 0 amide bonds. The van der Waals surface area contributed by atoms with E-state index in [1.807, 2.05) is 25.1 Å². The number of hydrogen-bond acceptors (Lipinski definition) is 6. The van der Waals surface area contributed by atoms with Gasteiger partial charge in [-0.3, -0.25) is 0 Å². The van der Waals surface area contributed by atoms with Crippen LogP contribution in [0.2, 0.25) is 0 Å². The first-order chi connectivity index (χ1) is 12.7. The summed E-state index contributed by atoms with van der Waals surface area (Å²) in [6.45, 7) is 6.86. The number of aryl methyl sites for hydroxylation is 1. The number of anilines is 1. The van der Waals surface area contributed by atoms with Crippen molar-refractivity contribution in [3.8, 4) is 5.75 Å². The number of aliphatic imine (C=N–C) groups is 1. The lowest BCUT2D eigenvalue weighted by atomic mass is 10.2. The van der Waals surface area contributed by atoms with Gasteiger partial charge >= 0.3 is 0 Å². The van der Waals surface area contributed by atoms with Gasteiger partial charge in [0, 0.05) is 32.6 Å². The molecule has 2 heterocycles. The van der Waals surface area contributed by atoms with E-state index in [0.717, 1.165) is 43.5 Å². The highest BCUT2D eigenvalue weighted by molar-refractivity contribution is 14.0. The second-order valence-corrected chi connectivity index (χ2v) is 6.17. The average Bonchev–Trinajstić information content (AvgIpc) is 3.29. The van der Waals surface area contributed by atoms with Crippen molar-refractivity contribution in [2.24, 2.45) is 4.99 Å². The zero-order valence-electron chi connectivity index (χ0n) is 15.9. The summed E-state index contributed by atoms with van der Waals surface area (Å²) in [5, 5.41) is 10.7. The quantitative estimate of drug-likeness (QED) is 0.368. The van der Waals surface area contributed by atoms with Gasteiger partial charge in [0.1, 0.15) is 12.3 Å². The molecule has 1 saturated heterocycles. The van der Waals surface area contributed by atoms with Gasteiger partial charge in [0.2, 0.25) is 5.89 Å². The van der Waals surface area contributed by atoms with Crippen LogP contribution in [0.5, 0.6) is 5.75 Å². The molecule has 1 aromatic heterocycles. The van der Waals surface area contributed by atoms with E-state index in [1.54, 1.807) is 14.0 Å². The maximum atomic E-state index is 5.48. The minimum absolute atomic E-state index is 0. The normalized spacial score (nSPS) is 16.8. The molecule has 0 bridgehead atoms. The van der Waals surface area contributed by atoms with Crippen LogP contribution in [0.25, 0.3) is 0 Å². The smallest absolute Gasteiger partial charge is 0.223 e. The SMILES string of the molecule is CCNC(=NCc1noc(C)n1)NC1CCN(c2ccccc2OC)C1.I. The summed E-state index contributed by atoms with van der Waals surface area (Å²) >= 11 is 0. The summed E-state index contributed by atoms with van der Waals surface area (Å²) in [4.78, 5) is 11.1. The van der Waals surface area contributed by atoms with Gasteiger partial charge in [-0.1, -0.05) is 17.3 Å².